The molecule has 4 nitrogen and oxygen atoms in total. The molecule has 1 fully saturated rings. The van der Waals surface area contributed by atoms with Crippen LogP contribution in [0.25, 0.3) is 11.0 Å². The van der Waals surface area contributed by atoms with E-state index in [1.165, 1.54) is 6.07 Å². The predicted octanol–water partition coefficient (Wildman–Crippen LogP) is 2.08. The summed E-state index contributed by atoms with van der Waals surface area (Å²) >= 11 is 0. The van der Waals surface area contributed by atoms with Crippen LogP contribution >= 0.6 is 0 Å². The Bertz CT molecular complexity index is 702. The minimum Gasteiger partial charge on any atom is -0.423 e. The fraction of sp³-hybridized carbons (Fsp3) is 0.286. The highest BCUT2D eigenvalue weighted by Gasteiger charge is 2.33. The number of anilines is 1. The van der Waals surface area contributed by atoms with E-state index in [1.807, 2.05) is 26.0 Å². The zero-order valence-corrected chi connectivity index (χ0v) is 10.3. The SMILES string of the molecule is Cc1cc(=O)oc2cc(N3CC(C)C3=O)ccc12. The molecule has 92 valence electrons. The molecule has 1 aromatic carbocycles. The van der Waals surface area contributed by atoms with Crippen molar-refractivity contribution < 1.29 is 9.21 Å². The molecule has 0 spiro atoms. The van der Waals surface area contributed by atoms with Crippen molar-refractivity contribution in [2.75, 3.05) is 11.4 Å². The molecule has 1 aromatic heterocycles. The first-order valence-corrected chi connectivity index (χ1v) is 5.92. The summed E-state index contributed by atoms with van der Waals surface area (Å²) in [6, 6.07) is 7.00. The number of carbonyl (C=O) groups excluding carboxylic acids is 1. The van der Waals surface area contributed by atoms with Gasteiger partial charge in [-0.1, -0.05) is 6.92 Å². The summed E-state index contributed by atoms with van der Waals surface area (Å²) in [4.78, 5) is 24.7. The molecular formula is C14H13NO3. The van der Waals surface area contributed by atoms with E-state index in [0.29, 0.717) is 5.58 Å². The number of aryl methyl sites for hydroxylation is 1. The van der Waals surface area contributed by atoms with Gasteiger partial charge < -0.3 is 9.32 Å². The van der Waals surface area contributed by atoms with Gasteiger partial charge in [-0.25, -0.2) is 4.79 Å². The molecular weight excluding hydrogens is 230 g/mol. The van der Waals surface area contributed by atoms with Crippen molar-refractivity contribution in [3.8, 4) is 0 Å². The van der Waals surface area contributed by atoms with E-state index in [4.69, 9.17) is 4.42 Å². The lowest BCUT2D eigenvalue weighted by molar-refractivity contribution is -0.126. The van der Waals surface area contributed by atoms with Gasteiger partial charge in [0.25, 0.3) is 0 Å². The monoisotopic (exact) mass is 243 g/mol. The molecule has 1 amide bonds. The number of rotatable bonds is 1. The number of hydrogen-bond acceptors (Lipinski definition) is 3. The van der Waals surface area contributed by atoms with Crippen LogP contribution in [0.2, 0.25) is 0 Å². The van der Waals surface area contributed by atoms with Gasteiger partial charge in [-0.3, -0.25) is 4.79 Å². The van der Waals surface area contributed by atoms with Crippen molar-refractivity contribution in [3.63, 3.8) is 0 Å². The first-order chi connectivity index (χ1) is 8.56. The summed E-state index contributed by atoms with van der Waals surface area (Å²) < 4.78 is 5.17. The van der Waals surface area contributed by atoms with Crippen molar-refractivity contribution in [2.45, 2.75) is 13.8 Å². The van der Waals surface area contributed by atoms with Crippen LogP contribution in [0.5, 0.6) is 0 Å². The topological polar surface area (TPSA) is 50.5 Å². The van der Waals surface area contributed by atoms with Crippen molar-refractivity contribution in [2.24, 2.45) is 5.92 Å². The van der Waals surface area contributed by atoms with Crippen molar-refractivity contribution in [1.82, 2.24) is 0 Å². The lowest BCUT2D eigenvalue weighted by Gasteiger charge is -2.36. The number of fused-ring (bicyclic) bond motifs is 1. The average Bonchev–Trinajstić information content (AvgIpc) is 2.34. The Kier molecular flexibility index (Phi) is 2.26. The largest absolute Gasteiger partial charge is 0.423 e. The zero-order chi connectivity index (χ0) is 12.9. The van der Waals surface area contributed by atoms with Gasteiger partial charge in [0, 0.05) is 29.8 Å². The second-order valence-corrected chi connectivity index (χ2v) is 4.78. The maximum absolute atomic E-state index is 11.7. The van der Waals surface area contributed by atoms with Crippen LogP contribution < -0.4 is 10.5 Å². The van der Waals surface area contributed by atoms with E-state index in [0.717, 1.165) is 23.2 Å². The summed E-state index contributed by atoms with van der Waals surface area (Å²) in [7, 11) is 0. The summed E-state index contributed by atoms with van der Waals surface area (Å²) in [5.74, 6) is 0.203. The molecule has 1 aliphatic rings. The fourth-order valence-electron chi connectivity index (χ4n) is 2.31. The summed E-state index contributed by atoms with van der Waals surface area (Å²) in [5, 5.41) is 0.902. The molecule has 0 N–H and O–H groups in total. The fourth-order valence-corrected chi connectivity index (χ4v) is 2.31. The number of carbonyl (C=O) groups is 1. The molecule has 1 unspecified atom stereocenters. The van der Waals surface area contributed by atoms with Gasteiger partial charge in [-0.05, 0) is 24.6 Å². The Morgan fingerprint density at radius 2 is 2.06 bits per heavy atom. The van der Waals surface area contributed by atoms with Gasteiger partial charge in [0.2, 0.25) is 5.91 Å². The molecule has 18 heavy (non-hydrogen) atoms. The predicted molar refractivity (Wildman–Crippen MR) is 68.7 cm³/mol. The standard InChI is InChI=1S/C14H13NO3/c1-8-5-13(16)18-12-6-10(3-4-11(8)12)15-7-9(2)14(15)17/h3-6,9H,7H2,1-2H3. The van der Waals surface area contributed by atoms with Crippen molar-refractivity contribution >= 4 is 22.6 Å². The third kappa shape index (κ3) is 1.53. The molecule has 3 rings (SSSR count). The molecule has 2 heterocycles. The van der Waals surface area contributed by atoms with Gasteiger partial charge in [0.1, 0.15) is 5.58 Å². The minimum atomic E-state index is -0.361. The molecule has 4 heteroatoms. The van der Waals surface area contributed by atoms with Crippen LogP contribution in [0.1, 0.15) is 12.5 Å². The van der Waals surface area contributed by atoms with Gasteiger partial charge in [0.05, 0.1) is 5.92 Å². The van der Waals surface area contributed by atoms with E-state index in [2.05, 4.69) is 0 Å². The lowest BCUT2D eigenvalue weighted by atomic mass is 10.00. The van der Waals surface area contributed by atoms with E-state index in [9.17, 15) is 9.59 Å². The number of nitrogens with zero attached hydrogens (tertiary/aromatic N) is 1. The van der Waals surface area contributed by atoms with Crippen LogP contribution in [0.15, 0.2) is 33.5 Å². The Labute approximate surface area is 104 Å². The summed E-state index contributed by atoms with van der Waals surface area (Å²) in [5.41, 5.74) is 1.85. The Morgan fingerprint density at radius 1 is 1.28 bits per heavy atom. The first kappa shape index (κ1) is 11.0. The van der Waals surface area contributed by atoms with E-state index in [-0.39, 0.29) is 17.5 Å². The molecule has 1 aliphatic heterocycles. The van der Waals surface area contributed by atoms with E-state index < -0.39 is 0 Å². The molecule has 0 bridgehead atoms. The Hall–Kier alpha value is -2.10. The Balaban J connectivity index is 2.12. The first-order valence-electron chi connectivity index (χ1n) is 5.92. The van der Waals surface area contributed by atoms with Gasteiger partial charge in [0.15, 0.2) is 0 Å². The lowest BCUT2D eigenvalue weighted by Crippen LogP contribution is -2.51. The van der Waals surface area contributed by atoms with Crippen LogP contribution in [0, 0.1) is 12.8 Å². The van der Waals surface area contributed by atoms with Gasteiger partial charge in [-0.15, -0.1) is 0 Å². The average molecular weight is 243 g/mol. The molecule has 0 radical (unpaired) electrons. The minimum absolute atomic E-state index is 0.0882. The second-order valence-electron chi connectivity index (χ2n) is 4.78. The van der Waals surface area contributed by atoms with Gasteiger partial charge in [-0.2, -0.15) is 0 Å². The molecule has 1 saturated heterocycles. The van der Waals surface area contributed by atoms with Crippen molar-refractivity contribution in [1.29, 1.82) is 0 Å². The van der Waals surface area contributed by atoms with Crippen molar-refractivity contribution in [3.05, 3.63) is 40.2 Å². The Morgan fingerprint density at radius 3 is 2.72 bits per heavy atom. The molecule has 1 atom stereocenters. The van der Waals surface area contributed by atoms with Crippen LogP contribution in [0.3, 0.4) is 0 Å². The quantitative estimate of drug-likeness (QED) is 0.569. The number of benzene rings is 1. The number of hydrogen-bond donors (Lipinski definition) is 0. The van der Waals surface area contributed by atoms with Gasteiger partial charge >= 0.3 is 5.63 Å². The van der Waals surface area contributed by atoms with Crippen LogP contribution in [-0.4, -0.2) is 12.5 Å². The number of amides is 1. The second kappa shape index (κ2) is 3.70. The summed E-state index contributed by atoms with van der Waals surface area (Å²) in [6.45, 7) is 4.50. The highest BCUT2D eigenvalue weighted by Crippen LogP contribution is 2.29. The van der Waals surface area contributed by atoms with Crippen LogP contribution in [-0.2, 0) is 4.79 Å². The molecule has 0 aliphatic carbocycles. The normalized spacial score (nSPS) is 19.1. The third-order valence-electron chi connectivity index (χ3n) is 3.39. The maximum atomic E-state index is 11.7. The van der Waals surface area contributed by atoms with Crippen LogP contribution in [0.4, 0.5) is 5.69 Å². The maximum Gasteiger partial charge on any atom is 0.336 e. The molecule has 2 aromatic rings. The highest BCUT2D eigenvalue weighted by molar-refractivity contribution is 6.02. The number of β-lactam (4-membered cyclic amide) rings is 1. The zero-order valence-electron chi connectivity index (χ0n) is 10.3. The summed E-state index contributed by atoms with van der Waals surface area (Å²) in [6.07, 6.45) is 0. The van der Waals surface area contributed by atoms with E-state index >= 15 is 0 Å². The third-order valence-corrected chi connectivity index (χ3v) is 3.39. The smallest absolute Gasteiger partial charge is 0.336 e. The highest BCUT2D eigenvalue weighted by atomic mass is 16.4. The van der Waals surface area contributed by atoms with E-state index in [1.54, 1.807) is 11.0 Å². The molecule has 0 saturated carbocycles.